The molecule has 0 unspecified atom stereocenters. The molecule has 0 atom stereocenters. The predicted octanol–water partition coefficient (Wildman–Crippen LogP) is 3.34. The summed E-state index contributed by atoms with van der Waals surface area (Å²) < 4.78 is 10.4. The quantitative estimate of drug-likeness (QED) is 0.389. The number of esters is 2. The van der Waals surface area contributed by atoms with Crippen molar-refractivity contribution >= 4 is 11.9 Å². The van der Waals surface area contributed by atoms with Gasteiger partial charge in [0.1, 0.15) is 11.2 Å². The third-order valence-electron chi connectivity index (χ3n) is 2.38. The van der Waals surface area contributed by atoms with Gasteiger partial charge in [-0.15, -0.1) is 13.2 Å². The lowest BCUT2D eigenvalue weighted by molar-refractivity contribution is -0.152. The number of carbonyl (C=O) groups is 2. The zero-order chi connectivity index (χ0) is 15.8. The van der Waals surface area contributed by atoms with Gasteiger partial charge in [0.15, 0.2) is 0 Å². The molecule has 0 heterocycles. The number of hydrogen-bond donors (Lipinski definition) is 0. The van der Waals surface area contributed by atoms with Crippen LogP contribution in [0.3, 0.4) is 0 Å². The number of ether oxygens (including phenoxy) is 2. The van der Waals surface area contributed by atoms with Crippen LogP contribution in [0.25, 0.3) is 0 Å². The van der Waals surface area contributed by atoms with Gasteiger partial charge in [-0.05, 0) is 27.7 Å². The Balaban J connectivity index is 4.42. The van der Waals surface area contributed by atoms with Gasteiger partial charge in [0.05, 0.1) is 0 Å². The molecule has 0 radical (unpaired) electrons. The molecule has 0 aliphatic carbocycles. The van der Waals surface area contributed by atoms with Crippen LogP contribution in [-0.4, -0.2) is 23.1 Å². The Bertz CT molecular complexity index is 365. The first-order valence-corrected chi connectivity index (χ1v) is 6.48. The lowest BCUT2D eigenvalue weighted by Gasteiger charge is -2.23. The highest BCUT2D eigenvalue weighted by Crippen LogP contribution is 2.16. The maximum Gasteiger partial charge on any atom is 0.331 e. The fourth-order valence-corrected chi connectivity index (χ4v) is 1.53. The van der Waals surface area contributed by atoms with Gasteiger partial charge < -0.3 is 9.47 Å². The van der Waals surface area contributed by atoms with Gasteiger partial charge in [0.2, 0.25) is 0 Å². The largest absolute Gasteiger partial charge is 0.456 e. The van der Waals surface area contributed by atoms with Crippen LogP contribution in [0.1, 0.15) is 40.5 Å². The van der Waals surface area contributed by atoms with E-state index in [0.29, 0.717) is 12.8 Å². The molecule has 0 aliphatic rings. The summed E-state index contributed by atoms with van der Waals surface area (Å²) in [5.41, 5.74) is -1.29. The van der Waals surface area contributed by atoms with Crippen LogP contribution in [0.2, 0.25) is 0 Å². The van der Waals surface area contributed by atoms with Gasteiger partial charge in [0, 0.05) is 25.0 Å². The Morgan fingerprint density at radius 1 is 0.850 bits per heavy atom. The summed E-state index contributed by atoms with van der Waals surface area (Å²) in [6.07, 6.45) is 6.53. The number of carbonyl (C=O) groups excluding carboxylic acids is 2. The standard InChI is InChI=1S/C16H24O4/c1-7-11-15(3,4)19-13(17)9-10-14(18)20-16(5,6)12-8-2/h7-10H,1-2,11-12H2,3-6H3/b10-9+. The van der Waals surface area contributed by atoms with E-state index >= 15 is 0 Å². The van der Waals surface area contributed by atoms with Crippen molar-refractivity contribution < 1.29 is 19.1 Å². The highest BCUT2D eigenvalue weighted by atomic mass is 16.6. The van der Waals surface area contributed by atoms with Crippen LogP contribution in [0, 0.1) is 0 Å². The van der Waals surface area contributed by atoms with Crippen molar-refractivity contribution in [3.63, 3.8) is 0 Å². The topological polar surface area (TPSA) is 52.6 Å². The van der Waals surface area contributed by atoms with E-state index in [4.69, 9.17) is 9.47 Å². The highest BCUT2D eigenvalue weighted by molar-refractivity contribution is 5.92. The SMILES string of the molecule is C=CCC(C)(C)OC(=O)/C=C/C(=O)OC(C)(C)CC=C. The molecule has 4 nitrogen and oxygen atoms in total. The maximum absolute atomic E-state index is 11.6. The lowest BCUT2D eigenvalue weighted by atomic mass is 10.1. The Kier molecular flexibility index (Phi) is 6.97. The molecule has 0 rings (SSSR count). The van der Waals surface area contributed by atoms with Gasteiger partial charge in [-0.25, -0.2) is 9.59 Å². The molecule has 0 N–H and O–H groups in total. The molecule has 20 heavy (non-hydrogen) atoms. The summed E-state index contributed by atoms with van der Waals surface area (Å²) >= 11 is 0. The van der Waals surface area contributed by atoms with E-state index in [1.165, 1.54) is 0 Å². The van der Waals surface area contributed by atoms with Gasteiger partial charge >= 0.3 is 11.9 Å². The van der Waals surface area contributed by atoms with E-state index < -0.39 is 23.1 Å². The first-order valence-electron chi connectivity index (χ1n) is 6.48. The van der Waals surface area contributed by atoms with Crippen molar-refractivity contribution in [2.45, 2.75) is 51.7 Å². The van der Waals surface area contributed by atoms with E-state index in [1.54, 1.807) is 39.8 Å². The van der Waals surface area contributed by atoms with Crippen LogP contribution in [0.15, 0.2) is 37.5 Å². The van der Waals surface area contributed by atoms with Crippen molar-refractivity contribution in [3.8, 4) is 0 Å². The summed E-state index contributed by atoms with van der Waals surface area (Å²) in [5.74, 6) is -1.18. The minimum Gasteiger partial charge on any atom is -0.456 e. The molecule has 0 spiro atoms. The second-order valence-corrected chi connectivity index (χ2v) is 5.68. The average molecular weight is 280 g/mol. The molecular weight excluding hydrogens is 256 g/mol. The Labute approximate surface area is 121 Å². The van der Waals surface area contributed by atoms with Gasteiger partial charge in [-0.2, -0.15) is 0 Å². The molecule has 0 saturated heterocycles. The number of rotatable bonds is 8. The fraction of sp³-hybridized carbons (Fsp3) is 0.500. The van der Waals surface area contributed by atoms with E-state index in [0.717, 1.165) is 12.2 Å². The Morgan fingerprint density at radius 3 is 1.40 bits per heavy atom. The van der Waals surface area contributed by atoms with Crippen LogP contribution in [0.5, 0.6) is 0 Å². The van der Waals surface area contributed by atoms with Crippen LogP contribution in [-0.2, 0) is 19.1 Å². The second-order valence-electron chi connectivity index (χ2n) is 5.68. The Hall–Kier alpha value is -1.84. The zero-order valence-corrected chi connectivity index (χ0v) is 12.8. The third-order valence-corrected chi connectivity index (χ3v) is 2.38. The van der Waals surface area contributed by atoms with Gasteiger partial charge in [0.25, 0.3) is 0 Å². The molecule has 0 bridgehead atoms. The van der Waals surface area contributed by atoms with E-state index in [-0.39, 0.29) is 0 Å². The normalized spacial score (nSPS) is 12.0. The minimum absolute atomic E-state index is 0.531. The molecule has 0 aliphatic heterocycles. The summed E-state index contributed by atoms with van der Waals surface area (Å²) in [4.78, 5) is 23.1. The highest BCUT2D eigenvalue weighted by Gasteiger charge is 2.21. The second kappa shape index (κ2) is 7.68. The van der Waals surface area contributed by atoms with Gasteiger partial charge in [-0.1, -0.05) is 12.2 Å². The monoisotopic (exact) mass is 280 g/mol. The molecule has 0 fully saturated rings. The summed E-state index contributed by atoms with van der Waals surface area (Å²) in [7, 11) is 0. The smallest absolute Gasteiger partial charge is 0.331 e. The fourth-order valence-electron chi connectivity index (χ4n) is 1.53. The van der Waals surface area contributed by atoms with Crippen molar-refractivity contribution in [2.24, 2.45) is 0 Å². The predicted molar refractivity (Wildman–Crippen MR) is 79.1 cm³/mol. The summed E-state index contributed by atoms with van der Waals surface area (Å²) in [6.45, 7) is 14.3. The van der Waals surface area contributed by atoms with E-state index in [9.17, 15) is 9.59 Å². The van der Waals surface area contributed by atoms with Crippen LogP contribution in [0.4, 0.5) is 0 Å². The van der Waals surface area contributed by atoms with Crippen molar-refractivity contribution in [3.05, 3.63) is 37.5 Å². The summed E-state index contributed by atoms with van der Waals surface area (Å²) in [5, 5.41) is 0. The molecule has 0 saturated carbocycles. The van der Waals surface area contributed by atoms with Crippen molar-refractivity contribution in [1.29, 1.82) is 0 Å². The first-order chi connectivity index (χ1) is 9.12. The minimum atomic E-state index is -0.644. The maximum atomic E-state index is 11.6. The number of hydrogen-bond acceptors (Lipinski definition) is 4. The molecular formula is C16H24O4. The molecule has 4 heteroatoms. The molecule has 112 valence electrons. The van der Waals surface area contributed by atoms with Crippen LogP contribution < -0.4 is 0 Å². The summed E-state index contributed by atoms with van der Waals surface area (Å²) in [6, 6.07) is 0. The molecule has 0 aromatic carbocycles. The average Bonchev–Trinajstić information content (AvgIpc) is 2.24. The lowest BCUT2D eigenvalue weighted by Crippen LogP contribution is -2.27. The van der Waals surface area contributed by atoms with Crippen molar-refractivity contribution in [2.75, 3.05) is 0 Å². The third kappa shape index (κ3) is 8.29. The molecule has 0 aromatic rings. The van der Waals surface area contributed by atoms with E-state index in [2.05, 4.69) is 13.2 Å². The zero-order valence-electron chi connectivity index (χ0n) is 12.8. The molecule has 0 aromatic heterocycles. The van der Waals surface area contributed by atoms with Crippen LogP contribution >= 0.6 is 0 Å². The first kappa shape index (κ1) is 18.2. The van der Waals surface area contributed by atoms with Gasteiger partial charge in [-0.3, -0.25) is 0 Å². The molecule has 0 amide bonds. The van der Waals surface area contributed by atoms with E-state index in [1.807, 2.05) is 0 Å². The van der Waals surface area contributed by atoms with Crippen molar-refractivity contribution in [1.82, 2.24) is 0 Å². The Morgan fingerprint density at radius 2 is 1.15 bits per heavy atom.